The molecule has 0 radical (unpaired) electrons. The summed E-state index contributed by atoms with van der Waals surface area (Å²) in [4.78, 5) is 9.18. The highest BCUT2D eigenvalue weighted by molar-refractivity contribution is 6.25. The van der Waals surface area contributed by atoms with Gasteiger partial charge in [0.05, 0.1) is 28.6 Å². The minimum atomic E-state index is 0.561. The highest BCUT2D eigenvalue weighted by Gasteiger charge is 2.19. The second-order valence-corrected chi connectivity index (χ2v) is 10.8. The third-order valence-electron chi connectivity index (χ3n) is 8.28. The van der Waals surface area contributed by atoms with Crippen molar-refractivity contribution >= 4 is 66.9 Å². The first kappa shape index (κ1) is 25.0. The molecule has 0 saturated carbocycles. The summed E-state index contributed by atoms with van der Waals surface area (Å²) in [5, 5.41) is 7.21. The molecule has 2 heterocycles. The van der Waals surface area contributed by atoms with Gasteiger partial charge in [-0.25, -0.2) is 0 Å². The zero-order valence-electron chi connectivity index (χ0n) is 23.6. The molecule has 4 nitrogen and oxygen atoms in total. The monoisotopic (exact) mass is 552 g/mol. The Balaban J connectivity index is 1.48. The molecular formula is C39H28N4. The standard InChI is InChI=1S/C39H28N4/c1-40-23-22-38(41-26-27-12-4-2-5-13-27)43-36-19-11-8-16-30(36)32-21-20-28-24-37-34(25-33(28)39(32)43)31-17-9-10-18-35(31)42(37)29-14-6-3-7-15-29/h2-25H,1,26H2/b23-22-,41-38?. The third-order valence-corrected chi connectivity index (χ3v) is 8.28. The van der Waals surface area contributed by atoms with Crippen LogP contribution in [-0.2, 0) is 6.54 Å². The topological polar surface area (TPSA) is 34.6 Å². The first-order valence-electron chi connectivity index (χ1n) is 14.5. The molecule has 204 valence electrons. The van der Waals surface area contributed by atoms with Gasteiger partial charge in [0, 0.05) is 38.8 Å². The van der Waals surface area contributed by atoms with E-state index >= 15 is 0 Å². The molecule has 0 N–H and O–H groups in total. The number of aromatic nitrogens is 2. The molecule has 0 bridgehead atoms. The number of para-hydroxylation sites is 3. The predicted molar refractivity (Wildman–Crippen MR) is 183 cm³/mol. The molecule has 0 aliphatic rings. The molecule has 8 aromatic rings. The largest absolute Gasteiger partial charge is 0.309 e. The second kappa shape index (κ2) is 10.3. The van der Waals surface area contributed by atoms with Crippen LogP contribution < -0.4 is 0 Å². The molecule has 0 unspecified atom stereocenters. The number of hydrogen-bond donors (Lipinski definition) is 0. The van der Waals surface area contributed by atoms with Crippen molar-refractivity contribution in [2.75, 3.05) is 0 Å². The van der Waals surface area contributed by atoms with Crippen LogP contribution in [0.5, 0.6) is 0 Å². The summed E-state index contributed by atoms with van der Waals surface area (Å²) in [5.41, 5.74) is 6.94. The number of aliphatic imine (C=N–C) groups is 2. The van der Waals surface area contributed by atoms with Crippen molar-refractivity contribution in [2.24, 2.45) is 9.98 Å². The van der Waals surface area contributed by atoms with Gasteiger partial charge in [-0.1, -0.05) is 97.1 Å². The molecule has 0 fully saturated rings. The van der Waals surface area contributed by atoms with Gasteiger partial charge in [0.15, 0.2) is 0 Å². The van der Waals surface area contributed by atoms with Crippen molar-refractivity contribution in [3.63, 3.8) is 0 Å². The van der Waals surface area contributed by atoms with Gasteiger partial charge in [0.1, 0.15) is 5.84 Å². The second-order valence-electron chi connectivity index (χ2n) is 10.8. The summed E-state index contributed by atoms with van der Waals surface area (Å²) >= 11 is 0. The lowest BCUT2D eigenvalue weighted by molar-refractivity contribution is 1.05. The Morgan fingerprint density at radius 1 is 0.605 bits per heavy atom. The fraction of sp³-hybridized carbons (Fsp3) is 0.0256. The van der Waals surface area contributed by atoms with Gasteiger partial charge in [0.25, 0.3) is 0 Å². The first-order chi connectivity index (χ1) is 21.3. The van der Waals surface area contributed by atoms with Gasteiger partial charge in [-0.3, -0.25) is 14.6 Å². The Bertz CT molecular complexity index is 2370. The molecule has 0 aliphatic heterocycles. The van der Waals surface area contributed by atoms with Crippen molar-refractivity contribution in [3.8, 4) is 5.69 Å². The van der Waals surface area contributed by atoms with Crippen LogP contribution in [-0.4, -0.2) is 21.7 Å². The number of rotatable bonds is 5. The predicted octanol–water partition coefficient (Wildman–Crippen LogP) is 9.71. The Morgan fingerprint density at radius 3 is 2.05 bits per heavy atom. The van der Waals surface area contributed by atoms with E-state index in [2.05, 4.69) is 148 Å². The Kier molecular flexibility index (Phi) is 5.97. The molecule has 0 aliphatic carbocycles. The van der Waals surface area contributed by atoms with Gasteiger partial charge in [-0.2, -0.15) is 0 Å². The Morgan fingerprint density at radius 2 is 1.28 bits per heavy atom. The maximum Gasteiger partial charge on any atom is 0.134 e. The van der Waals surface area contributed by atoms with Gasteiger partial charge in [-0.05, 0) is 60.1 Å². The minimum Gasteiger partial charge on any atom is -0.309 e. The van der Waals surface area contributed by atoms with Gasteiger partial charge in [-0.15, -0.1) is 0 Å². The van der Waals surface area contributed by atoms with Crippen molar-refractivity contribution in [1.82, 2.24) is 9.13 Å². The molecule has 0 saturated heterocycles. The average Bonchev–Trinajstić information content (AvgIpc) is 3.57. The highest BCUT2D eigenvalue weighted by Crippen LogP contribution is 2.39. The third kappa shape index (κ3) is 4.07. The van der Waals surface area contributed by atoms with Gasteiger partial charge < -0.3 is 4.57 Å². The molecule has 4 heteroatoms. The maximum absolute atomic E-state index is 5.14. The number of benzene rings is 6. The van der Waals surface area contributed by atoms with E-state index in [1.54, 1.807) is 6.20 Å². The molecule has 2 aromatic heterocycles. The van der Waals surface area contributed by atoms with Crippen molar-refractivity contribution < 1.29 is 0 Å². The van der Waals surface area contributed by atoms with E-state index in [-0.39, 0.29) is 0 Å². The van der Waals surface area contributed by atoms with E-state index in [1.165, 1.54) is 43.4 Å². The lowest BCUT2D eigenvalue weighted by Crippen LogP contribution is -2.09. The number of allylic oxidation sites excluding steroid dienone is 1. The molecule has 0 spiro atoms. The summed E-state index contributed by atoms with van der Waals surface area (Å²) < 4.78 is 4.66. The van der Waals surface area contributed by atoms with E-state index in [1.807, 2.05) is 12.1 Å². The average molecular weight is 553 g/mol. The molecule has 43 heavy (non-hydrogen) atoms. The number of hydrogen-bond acceptors (Lipinski definition) is 2. The van der Waals surface area contributed by atoms with Crippen LogP contribution in [0.4, 0.5) is 0 Å². The summed E-state index contributed by atoms with van der Waals surface area (Å²) in [5.74, 6) is 0.821. The van der Waals surface area contributed by atoms with Crippen LogP contribution in [0.2, 0.25) is 0 Å². The zero-order valence-corrected chi connectivity index (χ0v) is 23.6. The van der Waals surface area contributed by atoms with Gasteiger partial charge >= 0.3 is 0 Å². The van der Waals surface area contributed by atoms with E-state index in [0.29, 0.717) is 6.54 Å². The Hall–Kier alpha value is -5.74. The molecule has 0 amide bonds. The molecular weight excluding hydrogens is 524 g/mol. The lowest BCUT2D eigenvalue weighted by Gasteiger charge is -2.12. The molecule has 6 aromatic carbocycles. The van der Waals surface area contributed by atoms with Crippen LogP contribution >= 0.6 is 0 Å². The minimum absolute atomic E-state index is 0.561. The smallest absolute Gasteiger partial charge is 0.134 e. The van der Waals surface area contributed by atoms with E-state index in [4.69, 9.17) is 4.99 Å². The fourth-order valence-electron chi connectivity index (χ4n) is 6.41. The normalized spacial score (nSPS) is 12.4. The van der Waals surface area contributed by atoms with Crippen LogP contribution in [0.3, 0.4) is 0 Å². The Labute approximate surface area is 249 Å². The van der Waals surface area contributed by atoms with Crippen LogP contribution in [0, 0.1) is 0 Å². The highest BCUT2D eigenvalue weighted by atomic mass is 15.1. The SMILES string of the molecule is C=N/C=C\C(=NCc1ccccc1)n1c2ccccc2c2ccc3cc4c(cc3c21)c1ccccc1n4-c1ccccc1. The maximum atomic E-state index is 5.14. The molecule has 0 atom stereocenters. The van der Waals surface area contributed by atoms with Crippen LogP contribution in [0.25, 0.3) is 60.1 Å². The van der Waals surface area contributed by atoms with Crippen LogP contribution in [0.15, 0.2) is 156 Å². The first-order valence-corrected chi connectivity index (χ1v) is 14.5. The van der Waals surface area contributed by atoms with Crippen molar-refractivity contribution in [1.29, 1.82) is 0 Å². The van der Waals surface area contributed by atoms with E-state index in [0.717, 1.165) is 28.1 Å². The summed E-state index contributed by atoms with van der Waals surface area (Å²) in [6, 6.07) is 47.4. The van der Waals surface area contributed by atoms with Crippen molar-refractivity contribution in [3.05, 3.63) is 151 Å². The van der Waals surface area contributed by atoms with E-state index < -0.39 is 0 Å². The zero-order chi connectivity index (χ0) is 28.8. The summed E-state index contributed by atoms with van der Waals surface area (Å²) in [6.45, 7) is 4.25. The van der Waals surface area contributed by atoms with Crippen molar-refractivity contribution in [2.45, 2.75) is 6.54 Å². The summed E-state index contributed by atoms with van der Waals surface area (Å²) in [6.07, 6.45) is 3.68. The quantitative estimate of drug-likeness (QED) is 0.150. The molecule has 8 rings (SSSR count). The number of nitrogens with zero attached hydrogens (tertiary/aromatic N) is 4. The fourth-order valence-corrected chi connectivity index (χ4v) is 6.41. The summed E-state index contributed by atoms with van der Waals surface area (Å²) in [7, 11) is 0. The number of fused-ring (bicyclic) bond motifs is 8. The van der Waals surface area contributed by atoms with Gasteiger partial charge in [0.2, 0.25) is 0 Å². The van der Waals surface area contributed by atoms with Crippen LogP contribution in [0.1, 0.15) is 5.56 Å². The van der Waals surface area contributed by atoms with E-state index in [9.17, 15) is 0 Å². The lowest BCUT2D eigenvalue weighted by atomic mass is 10.0.